The van der Waals surface area contributed by atoms with Crippen molar-refractivity contribution in [1.29, 1.82) is 0 Å². The SMILES string of the molecule is COC(=O)c1cc(NS(=O)[O-])ccc1N1CCOCC1. The van der Waals surface area contributed by atoms with E-state index in [1.54, 1.807) is 12.1 Å². The van der Waals surface area contributed by atoms with Crippen molar-refractivity contribution in [3.8, 4) is 0 Å². The van der Waals surface area contributed by atoms with Crippen molar-refractivity contribution in [1.82, 2.24) is 0 Å². The molecule has 2 rings (SSSR count). The van der Waals surface area contributed by atoms with Crippen LogP contribution in [0.4, 0.5) is 11.4 Å². The van der Waals surface area contributed by atoms with E-state index >= 15 is 0 Å². The molecule has 1 aromatic carbocycles. The molecule has 0 bridgehead atoms. The summed E-state index contributed by atoms with van der Waals surface area (Å²) < 4.78 is 33.5. The van der Waals surface area contributed by atoms with Crippen LogP contribution in [0, 0.1) is 0 Å². The Morgan fingerprint density at radius 3 is 2.75 bits per heavy atom. The van der Waals surface area contributed by atoms with Crippen molar-refractivity contribution in [2.24, 2.45) is 0 Å². The number of benzene rings is 1. The number of esters is 1. The number of morpholine rings is 1. The molecule has 1 aliphatic rings. The van der Waals surface area contributed by atoms with E-state index in [0.29, 0.717) is 43.2 Å². The molecule has 1 aliphatic heterocycles. The summed E-state index contributed by atoms with van der Waals surface area (Å²) in [4.78, 5) is 13.9. The first-order chi connectivity index (χ1) is 9.61. The molecule has 8 heteroatoms. The van der Waals surface area contributed by atoms with Crippen LogP contribution in [0.15, 0.2) is 18.2 Å². The molecule has 1 saturated heterocycles. The molecule has 0 amide bonds. The highest BCUT2D eigenvalue weighted by atomic mass is 32.2. The van der Waals surface area contributed by atoms with Gasteiger partial charge in [0.15, 0.2) is 0 Å². The zero-order valence-corrected chi connectivity index (χ0v) is 11.8. The first-order valence-corrected chi connectivity index (χ1v) is 7.10. The third-order valence-electron chi connectivity index (χ3n) is 2.95. The minimum Gasteiger partial charge on any atom is -0.755 e. The lowest BCUT2D eigenvalue weighted by Crippen LogP contribution is -2.37. The topological polar surface area (TPSA) is 90.9 Å². The number of anilines is 2. The summed E-state index contributed by atoms with van der Waals surface area (Å²) in [5.74, 6) is -0.508. The molecule has 0 saturated carbocycles. The molecule has 0 aromatic heterocycles. The summed E-state index contributed by atoms with van der Waals surface area (Å²) in [6.45, 7) is 2.52. The van der Waals surface area contributed by atoms with Crippen molar-refractivity contribution in [3.05, 3.63) is 23.8 Å². The standard InChI is InChI=1S/C12H16N2O5S/c1-18-12(15)10-8-9(13-20(16)17)2-3-11(10)14-4-6-19-7-5-14/h2-3,8,13H,4-7H2,1H3,(H,16,17)/p-1. The second-order valence-corrected chi connectivity index (χ2v) is 4.83. The molecule has 110 valence electrons. The van der Waals surface area contributed by atoms with Crippen LogP contribution in [0.3, 0.4) is 0 Å². The van der Waals surface area contributed by atoms with E-state index in [9.17, 15) is 13.6 Å². The molecule has 1 atom stereocenters. The zero-order chi connectivity index (χ0) is 14.5. The second-order valence-electron chi connectivity index (χ2n) is 4.16. The molecule has 0 spiro atoms. The van der Waals surface area contributed by atoms with Gasteiger partial charge in [0.1, 0.15) is 0 Å². The van der Waals surface area contributed by atoms with Crippen LogP contribution in [0.2, 0.25) is 0 Å². The number of rotatable bonds is 4. The average molecular weight is 299 g/mol. The summed E-state index contributed by atoms with van der Waals surface area (Å²) in [5.41, 5.74) is 1.35. The Morgan fingerprint density at radius 2 is 2.15 bits per heavy atom. The van der Waals surface area contributed by atoms with Gasteiger partial charge in [0.25, 0.3) is 0 Å². The van der Waals surface area contributed by atoms with E-state index in [1.165, 1.54) is 13.2 Å². The zero-order valence-electron chi connectivity index (χ0n) is 11.0. The number of nitrogens with zero attached hydrogens (tertiary/aromatic N) is 1. The van der Waals surface area contributed by atoms with Gasteiger partial charge in [-0.05, 0) is 18.2 Å². The molecule has 0 aliphatic carbocycles. The smallest absolute Gasteiger partial charge is 0.340 e. The number of hydrogen-bond acceptors (Lipinski definition) is 6. The molecular weight excluding hydrogens is 284 g/mol. The van der Waals surface area contributed by atoms with Crippen LogP contribution >= 0.6 is 0 Å². The molecule has 1 unspecified atom stereocenters. The van der Waals surface area contributed by atoms with Crippen molar-refractivity contribution < 1.29 is 23.0 Å². The van der Waals surface area contributed by atoms with E-state index < -0.39 is 17.2 Å². The second kappa shape index (κ2) is 6.69. The highest BCUT2D eigenvalue weighted by Crippen LogP contribution is 2.26. The Morgan fingerprint density at radius 1 is 1.45 bits per heavy atom. The molecule has 0 radical (unpaired) electrons. The molecule has 20 heavy (non-hydrogen) atoms. The van der Waals surface area contributed by atoms with Crippen molar-refractivity contribution in [2.45, 2.75) is 0 Å². The van der Waals surface area contributed by atoms with Gasteiger partial charge in [-0.25, -0.2) is 4.79 Å². The van der Waals surface area contributed by atoms with Crippen LogP contribution in [0.5, 0.6) is 0 Å². The average Bonchev–Trinajstić information content (AvgIpc) is 2.46. The number of methoxy groups -OCH3 is 1. The lowest BCUT2D eigenvalue weighted by molar-refractivity contribution is 0.0600. The molecular formula is C12H15N2O5S-. The third-order valence-corrected chi connectivity index (χ3v) is 3.36. The molecule has 1 aromatic rings. The van der Waals surface area contributed by atoms with Gasteiger partial charge in [0.05, 0.1) is 31.6 Å². The number of ether oxygens (including phenoxy) is 2. The van der Waals surface area contributed by atoms with Crippen molar-refractivity contribution in [2.75, 3.05) is 43.0 Å². The largest absolute Gasteiger partial charge is 0.755 e. The molecule has 1 heterocycles. The van der Waals surface area contributed by atoms with Gasteiger partial charge in [0.2, 0.25) is 0 Å². The fourth-order valence-electron chi connectivity index (χ4n) is 2.05. The maximum atomic E-state index is 11.9. The maximum Gasteiger partial charge on any atom is 0.340 e. The van der Waals surface area contributed by atoms with Crippen LogP contribution in [-0.4, -0.2) is 48.1 Å². The van der Waals surface area contributed by atoms with Crippen LogP contribution < -0.4 is 9.62 Å². The van der Waals surface area contributed by atoms with Gasteiger partial charge in [-0.3, -0.25) is 4.21 Å². The summed E-state index contributed by atoms with van der Waals surface area (Å²) in [5, 5.41) is 0. The molecule has 1 N–H and O–H groups in total. The first kappa shape index (κ1) is 14.8. The highest BCUT2D eigenvalue weighted by Gasteiger charge is 2.19. The number of nitrogens with one attached hydrogen (secondary N) is 1. The lowest BCUT2D eigenvalue weighted by Gasteiger charge is -2.30. The summed E-state index contributed by atoms with van der Waals surface area (Å²) in [6, 6.07) is 4.77. The number of hydrogen-bond donors (Lipinski definition) is 1. The normalized spacial score (nSPS) is 16.6. The Kier molecular flexibility index (Phi) is 4.94. The number of carbonyl (C=O) groups is 1. The Labute approximate surface area is 119 Å². The predicted octanol–water partition coefficient (Wildman–Crippen LogP) is 0.516. The van der Waals surface area contributed by atoms with Crippen molar-refractivity contribution in [3.63, 3.8) is 0 Å². The van der Waals surface area contributed by atoms with Gasteiger partial charge >= 0.3 is 5.97 Å². The number of carbonyl (C=O) groups excluding carboxylic acids is 1. The predicted molar refractivity (Wildman–Crippen MR) is 73.4 cm³/mol. The van der Waals surface area contributed by atoms with E-state index in [1.807, 2.05) is 4.90 Å². The fraction of sp³-hybridized carbons (Fsp3) is 0.417. The Balaban J connectivity index is 2.34. The van der Waals surface area contributed by atoms with Gasteiger partial charge in [0, 0.05) is 30.0 Å². The lowest BCUT2D eigenvalue weighted by atomic mass is 10.1. The summed E-state index contributed by atoms with van der Waals surface area (Å²) >= 11 is -2.44. The van der Waals surface area contributed by atoms with E-state index in [-0.39, 0.29) is 0 Å². The monoisotopic (exact) mass is 299 g/mol. The summed E-state index contributed by atoms with van der Waals surface area (Å²) in [7, 11) is 1.29. The van der Waals surface area contributed by atoms with Gasteiger partial charge in [-0.2, -0.15) is 0 Å². The fourth-order valence-corrected chi connectivity index (χ4v) is 2.37. The van der Waals surface area contributed by atoms with Gasteiger partial charge in [-0.1, -0.05) is 0 Å². The molecule has 1 fully saturated rings. The van der Waals surface area contributed by atoms with Gasteiger partial charge in [-0.15, -0.1) is 0 Å². The first-order valence-electron chi connectivity index (χ1n) is 6.03. The summed E-state index contributed by atoms with van der Waals surface area (Å²) in [6.07, 6.45) is 0. The minimum absolute atomic E-state index is 0.316. The molecule has 7 nitrogen and oxygen atoms in total. The van der Waals surface area contributed by atoms with Crippen LogP contribution in [0.1, 0.15) is 10.4 Å². The Hall–Kier alpha value is -1.64. The van der Waals surface area contributed by atoms with E-state index in [4.69, 9.17) is 9.47 Å². The minimum atomic E-state index is -2.44. The van der Waals surface area contributed by atoms with Crippen LogP contribution in [0.25, 0.3) is 0 Å². The van der Waals surface area contributed by atoms with Crippen molar-refractivity contribution >= 4 is 28.6 Å². The Bertz CT molecular complexity index is 517. The highest BCUT2D eigenvalue weighted by molar-refractivity contribution is 7.80. The van der Waals surface area contributed by atoms with E-state index in [0.717, 1.165) is 0 Å². The van der Waals surface area contributed by atoms with Crippen LogP contribution in [-0.2, 0) is 20.7 Å². The van der Waals surface area contributed by atoms with E-state index in [2.05, 4.69) is 4.72 Å². The maximum absolute atomic E-state index is 11.9. The van der Waals surface area contributed by atoms with Gasteiger partial charge < -0.3 is 23.6 Å². The quantitative estimate of drug-likeness (QED) is 0.643. The third kappa shape index (κ3) is 3.47.